The third-order valence-electron chi connectivity index (χ3n) is 5.32. The number of para-hydroxylation sites is 1. The zero-order chi connectivity index (χ0) is 24.9. The Morgan fingerprint density at radius 2 is 1.46 bits per heavy atom. The molecule has 0 saturated heterocycles. The lowest BCUT2D eigenvalue weighted by molar-refractivity contribution is -0.132. The van der Waals surface area contributed by atoms with Gasteiger partial charge < -0.3 is 15.5 Å². The number of hydrogen-bond donors (Lipinski definition) is 3. The maximum Gasteiger partial charge on any atom is 0.352 e. The number of amides is 1. The van der Waals surface area contributed by atoms with Crippen molar-refractivity contribution in [1.29, 1.82) is 0 Å². The number of aromatic nitrogens is 2. The van der Waals surface area contributed by atoms with Gasteiger partial charge in [0.15, 0.2) is 0 Å². The second-order valence-corrected chi connectivity index (χ2v) is 7.63. The van der Waals surface area contributed by atoms with Crippen LogP contribution in [-0.2, 0) is 4.79 Å². The highest BCUT2D eigenvalue weighted by molar-refractivity contribution is 6.03. The molecule has 0 unspecified atom stereocenters. The van der Waals surface area contributed by atoms with Crippen molar-refractivity contribution in [2.45, 2.75) is 6.92 Å². The van der Waals surface area contributed by atoms with Crippen LogP contribution in [0.4, 0.5) is 0 Å². The van der Waals surface area contributed by atoms with Crippen molar-refractivity contribution in [3.8, 4) is 16.9 Å². The van der Waals surface area contributed by atoms with Crippen LogP contribution in [0, 0.1) is 6.92 Å². The molecule has 1 amide bonds. The fourth-order valence-corrected chi connectivity index (χ4v) is 3.68. The predicted molar refractivity (Wildman–Crippen MR) is 130 cm³/mol. The molecule has 0 saturated carbocycles. The number of aromatic carboxylic acids is 1. The summed E-state index contributed by atoms with van der Waals surface area (Å²) in [6.07, 6.45) is 1.34. The largest absolute Gasteiger partial charge is 0.478 e. The molecule has 3 N–H and O–H groups in total. The molecule has 0 atom stereocenters. The number of carbonyl (C=O) groups is 3. The Hall–Kier alpha value is -4.98. The average Bonchev–Trinajstić information content (AvgIpc) is 3.20. The third kappa shape index (κ3) is 4.86. The van der Waals surface area contributed by atoms with Crippen LogP contribution in [-0.4, -0.2) is 37.8 Å². The molecule has 0 aliphatic rings. The van der Waals surface area contributed by atoms with Gasteiger partial charge in [0, 0.05) is 16.7 Å². The topological polar surface area (TPSA) is 122 Å². The van der Waals surface area contributed by atoms with E-state index in [1.807, 2.05) is 30.3 Å². The van der Waals surface area contributed by atoms with Crippen molar-refractivity contribution in [2.24, 2.45) is 0 Å². The Kier molecular flexibility index (Phi) is 6.55. The van der Waals surface area contributed by atoms with E-state index in [0.717, 1.165) is 0 Å². The molecule has 1 heterocycles. The van der Waals surface area contributed by atoms with Crippen LogP contribution in [0.2, 0.25) is 0 Å². The quantitative estimate of drug-likeness (QED) is 0.346. The van der Waals surface area contributed by atoms with Crippen LogP contribution in [0.15, 0.2) is 90.6 Å². The number of nitrogens with one attached hydrogen (secondary N) is 1. The van der Waals surface area contributed by atoms with Crippen molar-refractivity contribution in [3.63, 3.8) is 0 Å². The normalized spacial score (nSPS) is 11.2. The molecule has 0 bridgehead atoms. The maximum atomic E-state index is 12.6. The minimum absolute atomic E-state index is 0.0403. The summed E-state index contributed by atoms with van der Waals surface area (Å²) in [6.45, 7) is 1.69. The Morgan fingerprint density at radius 3 is 2.09 bits per heavy atom. The van der Waals surface area contributed by atoms with E-state index in [1.165, 1.54) is 16.8 Å². The molecule has 1 aromatic heterocycles. The molecule has 3 aromatic carbocycles. The molecular weight excluding hydrogens is 446 g/mol. The first-order valence-corrected chi connectivity index (χ1v) is 10.7. The van der Waals surface area contributed by atoms with E-state index in [-0.39, 0.29) is 11.3 Å². The first kappa shape index (κ1) is 23.2. The summed E-state index contributed by atoms with van der Waals surface area (Å²) in [5.74, 6) is -3.01. The number of carboxylic acid groups (broad SMARTS) is 2. The molecule has 174 valence electrons. The van der Waals surface area contributed by atoms with Crippen molar-refractivity contribution in [1.82, 2.24) is 15.1 Å². The van der Waals surface area contributed by atoms with Gasteiger partial charge in [0.2, 0.25) is 0 Å². The minimum atomic E-state index is -1.33. The van der Waals surface area contributed by atoms with E-state index >= 15 is 0 Å². The van der Waals surface area contributed by atoms with Crippen molar-refractivity contribution < 1.29 is 24.6 Å². The van der Waals surface area contributed by atoms with Crippen LogP contribution in [0.25, 0.3) is 23.0 Å². The summed E-state index contributed by atoms with van der Waals surface area (Å²) in [5, 5.41) is 26.6. The first-order chi connectivity index (χ1) is 16.9. The summed E-state index contributed by atoms with van der Waals surface area (Å²) in [7, 11) is 0. The molecular formula is C27H21N3O5. The highest BCUT2D eigenvalue weighted by Gasteiger charge is 2.22. The SMILES string of the molecule is Cc1nn(-c2ccccc2C(=O)O)c(-c2ccccc2)c1/C=C(/NC(=O)c1ccccc1)C(=O)O. The van der Waals surface area contributed by atoms with E-state index in [9.17, 15) is 24.6 Å². The monoisotopic (exact) mass is 467 g/mol. The molecule has 8 heteroatoms. The van der Waals surface area contributed by atoms with Gasteiger partial charge in [0.05, 0.1) is 22.6 Å². The smallest absolute Gasteiger partial charge is 0.352 e. The molecule has 0 aliphatic carbocycles. The summed E-state index contributed by atoms with van der Waals surface area (Å²) >= 11 is 0. The van der Waals surface area contributed by atoms with Crippen LogP contribution in [0.3, 0.4) is 0 Å². The number of carbonyl (C=O) groups excluding carboxylic acids is 1. The van der Waals surface area contributed by atoms with Gasteiger partial charge >= 0.3 is 11.9 Å². The minimum Gasteiger partial charge on any atom is -0.478 e. The van der Waals surface area contributed by atoms with Gasteiger partial charge in [0.25, 0.3) is 5.91 Å². The summed E-state index contributed by atoms with van der Waals surface area (Å²) in [4.78, 5) is 36.6. The number of nitrogens with zero attached hydrogens (tertiary/aromatic N) is 2. The third-order valence-corrected chi connectivity index (χ3v) is 5.32. The van der Waals surface area contributed by atoms with E-state index in [1.54, 1.807) is 55.5 Å². The number of hydrogen-bond acceptors (Lipinski definition) is 4. The van der Waals surface area contributed by atoms with E-state index in [4.69, 9.17) is 0 Å². The van der Waals surface area contributed by atoms with Crippen molar-refractivity contribution in [2.75, 3.05) is 0 Å². The van der Waals surface area contributed by atoms with Gasteiger partial charge in [-0.2, -0.15) is 5.10 Å². The standard InChI is InChI=1S/C27H21N3O5/c1-17-21(16-22(27(34)35)28-25(31)19-12-6-3-7-13-19)24(18-10-4-2-5-11-18)30(29-17)23-15-9-8-14-20(23)26(32)33/h2-16H,1H3,(H,28,31)(H,32,33)(H,34,35)/b22-16+. The Bertz CT molecular complexity index is 1440. The first-order valence-electron chi connectivity index (χ1n) is 10.7. The van der Waals surface area contributed by atoms with E-state index in [0.29, 0.717) is 33.8 Å². The number of aryl methyl sites for hydroxylation is 1. The van der Waals surface area contributed by atoms with Gasteiger partial charge in [0.1, 0.15) is 5.70 Å². The lowest BCUT2D eigenvalue weighted by Crippen LogP contribution is -2.27. The molecule has 4 rings (SSSR count). The maximum absolute atomic E-state index is 12.6. The molecule has 8 nitrogen and oxygen atoms in total. The second kappa shape index (κ2) is 9.88. The molecule has 0 spiro atoms. The van der Waals surface area contributed by atoms with Crippen LogP contribution in [0.1, 0.15) is 32.0 Å². The highest BCUT2D eigenvalue weighted by Crippen LogP contribution is 2.31. The highest BCUT2D eigenvalue weighted by atomic mass is 16.4. The van der Waals surface area contributed by atoms with Gasteiger partial charge in [-0.25, -0.2) is 14.3 Å². The predicted octanol–water partition coefficient (Wildman–Crippen LogP) is 4.40. The lowest BCUT2D eigenvalue weighted by Gasteiger charge is -2.12. The van der Waals surface area contributed by atoms with E-state index < -0.39 is 17.8 Å². The van der Waals surface area contributed by atoms with Crippen molar-refractivity contribution in [3.05, 3.63) is 113 Å². The van der Waals surface area contributed by atoms with Gasteiger partial charge in [-0.15, -0.1) is 0 Å². The van der Waals surface area contributed by atoms with E-state index in [2.05, 4.69) is 10.4 Å². The van der Waals surface area contributed by atoms with Crippen LogP contribution < -0.4 is 5.32 Å². The summed E-state index contributed by atoms with van der Waals surface area (Å²) < 4.78 is 1.48. The molecule has 0 radical (unpaired) electrons. The molecule has 35 heavy (non-hydrogen) atoms. The van der Waals surface area contributed by atoms with Gasteiger partial charge in [-0.3, -0.25) is 4.79 Å². The molecule has 0 fully saturated rings. The van der Waals surface area contributed by atoms with Crippen LogP contribution >= 0.6 is 0 Å². The molecule has 4 aromatic rings. The van der Waals surface area contributed by atoms with Gasteiger partial charge in [-0.1, -0.05) is 60.7 Å². The Labute approximate surface area is 200 Å². The van der Waals surface area contributed by atoms with Gasteiger partial charge in [-0.05, 0) is 37.3 Å². The fourth-order valence-electron chi connectivity index (χ4n) is 3.68. The Morgan fingerprint density at radius 1 is 0.857 bits per heavy atom. The lowest BCUT2D eigenvalue weighted by atomic mass is 10.0. The summed E-state index contributed by atoms with van der Waals surface area (Å²) in [5.41, 5.74) is 2.41. The zero-order valence-corrected chi connectivity index (χ0v) is 18.7. The Balaban J connectivity index is 1.90. The van der Waals surface area contributed by atoms with Crippen LogP contribution in [0.5, 0.6) is 0 Å². The number of aliphatic carboxylic acids is 1. The number of rotatable bonds is 7. The average molecular weight is 467 g/mol. The zero-order valence-electron chi connectivity index (χ0n) is 18.7. The number of benzene rings is 3. The fraction of sp³-hybridized carbons (Fsp3) is 0.0370. The second-order valence-electron chi connectivity index (χ2n) is 7.63. The number of carboxylic acids is 2. The summed E-state index contributed by atoms with van der Waals surface area (Å²) in [6, 6.07) is 23.8. The van der Waals surface area contributed by atoms with Crippen molar-refractivity contribution >= 4 is 23.9 Å². The molecule has 0 aliphatic heterocycles.